The van der Waals surface area contributed by atoms with Gasteiger partial charge in [-0.2, -0.15) is 0 Å². The third-order valence-electron chi connectivity index (χ3n) is 3.92. The first kappa shape index (κ1) is 14.5. The smallest absolute Gasteiger partial charge is 0.308 e. The van der Waals surface area contributed by atoms with Gasteiger partial charge in [0.15, 0.2) is 0 Å². The van der Waals surface area contributed by atoms with Crippen LogP contribution in [0.3, 0.4) is 0 Å². The standard InChI is InChI=1S/C14H17BrFNO2/c1-8-6-17(7-12(8)14(18)19)9(2)11-4-3-10(16)5-13(11)15/h3-5,8-9,12H,6-7H2,1-2H3,(H,18,19). The lowest BCUT2D eigenvalue weighted by Gasteiger charge is -2.25. The van der Waals surface area contributed by atoms with Gasteiger partial charge < -0.3 is 5.11 Å². The molecule has 1 heterocycles. The first-order chi connectivity index (χ1) is 8.90. The van der Waals surface area contributed by atoms with Crippen molar-refractivity contribution in [2.45, 2.75) is 19.9 Å². The molecule has 1 saturated heterocycles. The summed E-state index contributed by atoms with van der Waals surface area (Å²) >= 11 is 3.37. The van der Waals surface area contributed by atoms with Crippen LogP contribution in [0.2, 0.25) is 0 Å². The Bertz CT molecular complexity index is 494. The molecule has 104 valence electrons. The van der Waals surface area contributed by atoms with Gasteiger partial charge in [-0.3, -0.25) is 9.69 Å². The van der Waals surface area contributed by atoms with E-state index < -0.39 is 5.97 Å². The molecular formula is C14H17BrFNO2. The summed E-state index contributed by atoms with van der Waals surface area (Å²) in [7, 11) is 0. The van der Waals surface area contributed by atoms with Gasteiger partial charge in [0, 0.05) is 23.6 Å². The predicted molar refractivity (Wildman–Crippen MR) is 74.4 cm³/mol. The van der Waals surface area contributed by atoms with Crippen molar-refractivity contribution in [1.29, 1.82) is 0 Å². The van der Waals surface area contributed by atoms with Gasteiger partial charge in [-0.15, -0.1) is 0 Å². The molecule has 1 aliphatic heterocycles. The summed E-state index contributed by atoms with van der Waals surface area (Å²) < 4.78 is 13.8. The van der Waals surface area contributed by atoms with Crippen LogP contribution in [0.25, 0.3) is 0 Å². The van der Waals surface area contributed by atoms with E-state index in [1.54, 1.807) is 6.07 Å². The molecule has 0 radical (unpaired) electrons. The van der Waals surface area contributed by atoms with Crippen LogP contribution in [0, 0.1) is 17.7 Å². The monoisotopic (exact) mass is 329 g/mol. The summed E-state index contributed by atoms with van der Waals surface area (Å²) in [6, 6.07) is 4.70. The number of hydrogen-bond donors (Lipinski definition) is 1. The average molecular weight is 330 g/mol. The molecule has 0 aliphatic carbocycles. The first-order valence-electron chi connectivity index (χ1n) is 6.32. The Balaban J connectivity index is 2.17. The highest BCUT2D eigenvalue weighted by Gasteiger charge is 2.37. The minimum atomic E-state index is -0.736. The summed E-state index contributed by atoms with van der Waals surface area (Å²) in [5.41, 5.74) is 0.986. The first-order valence-corrected chi connectivity index (χ1v) is 7.11. The molecule has 0 amide bonds. The fourth-order valence-corrected chi connectivity index (χ4v) is 3.36. The SMILES string of the molecule is CC1CN(C(C)c2ccc(F)cc2Br)CC1C(=O)O. The van der Waals surface area contributed by atoms with Gasteiger partial charge in [0.05, 0.1) is 5.92 Å². The number of nitrogens with zero attached hydrogens (tertiary/aromatic N) is 1. The Morgan fingerprint density at radius 3 is 2.74 bits per heavy atom. The van der Waals surface area contributed by atoms with E-state index in [0.29, 0.717) is 6.54 Å². The maximum absolute atomic E-state index is 13.1. The molecule has 0 saturated carbocycles. The third-order valence-corrected chi connectivity index (χ3v) is 4.60. The van der Waals surface area contributed by atoms with E-state index in [9.17, 15) is 9.18 Å². The fourth-order valence-electron chi connectivity index (χ4n) is 2.68. The van der Waals surface area contributed by atoms with Crippen molar-refractivity contribution in [3.63, 3.8) is 0 Å². The Hall–Kier alpha value is -0.940. The number of rotatable bonds is 3. The summed E-state index contributed by atoms with van der Waals surface area (Å²) in [6.45, 7) is 5.28. The lowest BCUT2D eigenvalue weighted by molar-refractivity contribution is -0.142. The maximum Gasteiger partial charge on any atom is 0.308 e. The summed E-state index contributed by atoms with van der Waals surface area (Å²) in [4.78, 5) is 13.3. The van der Waals surface area contributed by atoms with E-state index in [1.165, 1.54) is 12.1 Å². The topological polar surface area (TPSA) is 40.5 Å². The predicted octanol–water partition coefficient (Wildman–Crippen LogP) is 3.30. The lowest BCUT2D eigenvalue weighted by Crippen LogP contribution is -2.26. The van der Waals surface area contributed by atoms with Crippen molar-refractivity contribution < 1.29 is 14.3 Å². The molecule has 0 aromatic heterocycles. The van der Waals surface area contributed by atoms with Gasteiger partial charge in [-0.25, -0.2) is 4.39 Å². The third kappa shape index (κ3) is 2.98. The van der Waals surface area contributed by atoms with Gasteiger partial charge in [0.25, 0.3) is 0 Å². The molecule has 3 atom stereocenters. The zero-order valence-electron chi connectivity index (χ0n) is 10.9. The van der Waals surface area contributed by atoms with Crippen molar-refractivity contribution >= 4 is 21.9 Å². The fraction of sp³-hybridized carbons (Fsp3) is 0.500. The molecule has 0 spiro atoms. The van der Waals surface area contributed by atoms with Gasteiger partial charge in [0.1, 0.15) is 5.82 Å². The van der Waals surface area contributed by atoms with Crippen molar-refractivity contribution in [2.75, 3.05) is 13.1 Å². The largest absolute Gasteiger partial charge is 0.481 e. The van der Waals surface area contributed by atoms with Crippen LogP contribution >= 0.6 is 15.9 Å². The number of carboxylic acids is 1. The Morgan fingerprint density at radius 2 is 2.21 bits per heavy atom. The molecule has 1 fully saturated rings. The summed E-state index contributed by atoms with van der Waals surface area (Å²) in [5, 5.41) is 9.16. The zero-order valence-corrected chi connectivity index (χ0v) is 12.5. The molecule has 1 aromatic carbocycles. The van der Waals surface area contributed by atoms with E-state index in [0.717, 1.165) is 16.6 Å². The van der Waals surface area contributed by atoms with Gasteiger partial charge in [0.2, 0.25) is 0 Å². The van der Waals surface area contributed by atoms with E-state index in [2.05, 4.69) is 20.8 Å². The minimum absolute atomic E-state index is 0.0711. The van der Waals surface area contributed by atoms with Crippen molar-refractivity contribution in [3.05, 3.63) is 34.1 Å². The quantitative estimate of drug-likeness (QED) is 0.924. The Morgan fingerprint density at radius 1 is 1.53 bits per heavy atom. The Labute approximate surface area is 120 Å². The number of likely N-dealkylation sites (tertiary alicyclic amines) is 1. The van der Waals surface area contributed by atoms with Crippen LogP contribution in [0.1, 0.15) is 25.5 Å². The van der Waals surface area contributed by atoms with Gasteiger partial charge in [-0.1, -0.05) is 28.9 Å². The second-order valence-corrected chi connectivity index (χ2v) is 6.07. The molecule has 1 N–H and O–H groups in total. The van der Waals surface area contributed by atoms with Crippen LogP contribution in [0.15, 0.2) is 22.7 Å². The molecular weight excluding hydrogens is 313 g/mol. The number of carboxylic acid groups (broad SMARTS) is 1. The van der Waals surface area contributed by atoms with Crippen LogP contribution in [0.5, 0.6) is 0 Å². The highest BCUT2D eigenvalue weighted by Crippen LogP contribution is 2.34. The second-order valence-electron chi connectivity index (χ2n) is 5.22. The summed E-state index contributed by atoms with van der Waals surface area (Å²) in [5.74, 6) is -1.19. The molecule has 1 aromatic rings. The second kappa shape index (κ2) is 5.59. The van der Waals surface area contributed by atoms with E-state index in [1.807, 2.05) is 13.8 Å². The van der Waals surface area contributed by atoms with E-state index >= 15 is 0 Å². The van der Waals surface area contributed by atoms with Gasteiger partial charge in [-0.05, 0) is 30.5 Å². The van der Waals surface area contributed by atoms with E-state index in [4.69, 9.17) is 5.11 Å². The molecule has 3 unspecified atom stereocenters. The van der Waals surface area contributed by atoms with E-state index in [-0.39, 0.29) is 23.7 Å². The number of hydrogen-bond acceptors (Lipinski definition) is 2. The number of aliphatic carboxylic acids is 1. The van der Waals surface area contributed by atoms with Crippen molar-refractivity contribution in [3.8, 4) is 0 Å². The zero-order chi connectivity index (χ0) is 14.2. The molecule has 5 heteroatoms. The molecule has 1 aliphatic rings. The van der Waals surface area contributed by atoms with Gasteiger partial charge >= 0.3 is 5.97 Å². The van der Waals surface area contributed by atoms with Crippen molar-refractivity contribution in [2.24, 2.45) is 11.8 Å². The maximum atomic E-state index is 13.1. The number of halogens is 2. The van der Waals surface area contributed by atoms with Crippen LogP contribution in [0.4, 0.5) is 4.39 Å². The van der Waals surface area contributed by atoms with Crippen molar-refractivity contribution in [1.82, 2.24) is 4.90 Å². The minimum Gasteiger partial charge on any atom is -0.481 e. The van der Waals surface area contributed by atoms with Crippen LogP contribution in [-0.2, 0) is 4.79 Å². The summed E-state index contributed by atoms with van der Waals surface area (Å²) in [6.07, 6.45) is 0. The molecule has 19 heavy (non-hydrogen) atoms. The number of benzene rings is 1. The highest BCUT2D eigenvalue weighted by atomic mass is 79.9. The average Bonchev–Trinajstić information content (AvgIpc) is 2.70. The van der Waals surface area contributed by atoms with Crippen LogP contribution in [-0.4, -0.2) is 29.1 Å². The number of carbonyl (C=O) groups is 1. The van der Waals surface area contributed by atoms with Crippen LogP contribution < -0.4 is 0 Å². The molecule has 0 bridgehead atoms. The highest BCUT2D eigenvalue weighted by molar-refractivity contribution is 9.10. The Kier molecular flexibility index (Phi) is 4.26. The molecule has 2 rings (SSSR count). The molecule has 3 nitrogen and oxygen atoms in total. The normalized spacial score (nSPS) is 25.5. The lowest BCUT2D eigenvalue weighted by atomic mass is 9.99.